The minimum atomic E-state index is 0.333. The third-order valence-corrected chi connectivity index (χ3v) is 4.63. The Morgan fingerprint density at radius 3 is 2.52 bits per heavy atom. The van der Waals surface area contributed by atoms with E-state index in [1.165, 1.54) is 6.33 Å². The van der Waals surface area contributed by atoms with E-state index in [0.29, 0.717) is 22.9 Å². The molecular formula is C22H29FN4. The van der Waals surface area contributed by atoms with Crippen molar-refractivity contribution in [1.82, 2.24) is 20.0 Å². The van der Waals surface area contributed by atoms with Gasteiger partial charge < -0.3 is 4.90 Å². The smallest absolute Gasteiger partial charge is 0.115 e. The van der Waals surface area contributed by atoms with Crippen LogP contribution in [0.15, 0.2) is 73.0 Å². The molecule has 1 aromatic heterocycles. The van der Waals surface area contributed by atoms with Crippen LogP contribution in [0.1, 0.15) is 38.1 Å². The van der Waals surface area contributed by atoms with Crippen LogP contribution in [0, 0.1) is 0 Å². The summed E-state index contributed by atoms with van der Waals surface area (Å²) in [5.41, 5.74) is 4.20. The topological polar surface area (TPSA) is 32.3 Å². The lowest BCUT2D eigenvalue weighted by molar-refractivity contribution is 0.110. The molecule has 0 aliphatic carbocycles. The van der Waals surface area contributed by atoms with Crippen molar-refractivity contribution in [2.45, 2.75) is 39.5 Å². The van der Waals surface area contributed by atoms with Gasteiger partial charge in [0.05, 0.1) is 17.1 Å². The molecular weight excluding hydrogens is 339 g/mol. The molecule has 0 saturated carbocycles. The Balaban J connectivity index is 2.22. The van der Waals surface area contributed by atoms with Crippen molar-refractivity contribution in [3.8, 4) is 0 Å². The Morgan fingerprint density at radius 2 is 1.89 bits per heavy atom. The lowest BCUT2D eigenvalue weighted by Crippen LogP contribution is -2.23. The minimum Gasteiger partial charge on any atom is -0.370 e. The van der Waals surface area contributed by atoms with E-state index in [1.807, 2.05) is 25.1 Å². The van der Waals surface area contributed by atoms with Gasteiger partial charge >= 0.3 is 0 Å². The first-order chi connectivity index (χ1) is 13.0. The van der Waals surface area contributed by atoms with Gasteiger partial charge in [0, 0.05) is 30.9 Å². The fourth-order valence-corrected chi connectivity index (χ4v) is 3.02. The molecule has 1 aliphatic heterocycles. The summed E-state index contributed by atoms with van der Waals surface area (Å²) in [5.74, 6) is 0. The fourth-order valence-electron chi connectivity index (χ4n) is 3.02. The zero-order valence-electron chi connectivity index (χ0n) is 16.4. The molecule has 0 N–H and O–H groups in total. The molecule has 144 valence electrons. The van der Waals surface area contributed by atoms with Gasteiger partial charge in [-0.25, -0.2) is 9.97 Å². The molecule has 1 aromatic rings. The van der Waals surface area contributed by atoms with E-state index in [4.69, 9.17) is 0 Å². The van der Waals surface area contributed by atoms with Gasteiger partial charge in [0.2, 0.25) is 0 Å². The predicted molar refractivity (Wildman–Crippen MR) is 109 cm³/mol. The summed E-state index contributed by atoms with van der Waals surface area (Å²) < 4.78 is 15.1. The number of aryl methyl sites for hydroxylation is 1. The summed E-state index contributed by atoms with van der Waals surface area (Å²) in [7, 11) is 0. The van der Waals surface area contributed by atoms with Crippen LogP contribution in [0.25, 0.3) is 0 Å². The van der Waals surface area contributed by atoms with Crippen LogP contribution in [0.3, 0.4) is 0 Å². The highest BCUT2D eigenvalue weighted by Crippen LogP contribution is 2.25. The molecule has 5 heteroatoms. The van der Waals surface area contributed by atoms with Gasteiger partial charge in [-0.1, -0.05) is 43.3 Å². The third kappa shape index (κ3) is 5.64. The van der Waals surface area contributed by atoms with Crippen molar-refractivity contribution in [3.05, 3.63) is 84.4 Å². The maximum atomic E-state index is 15.1. The van der Waals surface area contributed by atoms with Crippen LogP contribution in [-0.4, -0.2) is 33.1 Å². The molecule has 2 rings (SSSR count). The predicted octanol–water partition coefficient (Wildman–Crippen LogP) is 4.91. The van der Waals surface area contributed by atoms with Crippen molar-refractivity contribution >= 4 is 0 Å². The number of hydrogen-bond donors (Lipinski definition) is 0. The molecule has 0 radical (unpaired) electrons. The normalized spacial score (nSPS) is 15.0. The SMILES string of the molecule is C=CC(=C)/C=C\C(=C(/C)N(F)C(=C)Cc1cc(CC)ncn1)N1CCCC1. The largest absolute Gasteiger partial charge is 0.370 e. The van der Waals surface area contributed by atoms with Gasteiger partial charge in [0.15, 0.2) is 0 Å². The average molecular weight is 369 g/mol. The third-order valence-electron chi connectivity index (χ3n) is 4.63. The zero-order chi connectivity index (χ0) is 19.8. The number of hydrogen-bond acceptors (Lipinski definition) is 4. The maximum Gasteiger partial charge on any atom is 0.115 e. The van der Waals surface area contributed by atoms with E-state index in [1.54, 1.807) is 13.0 Å². The maximum absolute atomic E-state index is 15.1. The number of allylic oxidation sites excluding steroid dienone is 6. The molecule has 1 fully saturated rings. The minimum absolute atomic E-state index is 0.333. The van der Waals surface area contributed by atoms with Crippen LogP contribution in [0.5, 0.6) is 0 Å². The molecule has 1 aliphatic rings. The highest BCUT2D eigenvalue weighted by atomic mass is 19.2. The molecule has 4 nitrogen and oxygen atoms in total. The van der Waals surface area contributed by atoms with E-state index in [-0.39, 0.29) is 0 Å². The number of halogens is 1. The van der Waals surface area contributed by atoms with Crippen molar-refractivity contribution in [1.29, 1.82) is 0 Å². The van der Waals surface area contributed by atoms with Crippen LogP contribution < -0.4 is 0 Å². The van der Waals surface area contributed by atoms with Crippen molar-refractivity contribution in [3.63, 3.8) is 0 Å². The molecule has 0 spiro atoms. The van der Waals surface area contributed by atoms with Crippen LogP contribution in [0.2, 0.25) is 0 Å². The van der Waals surface area contributed by atoms with Gasteiger partial charge in [0.1, 0.15) is 6.33 Å². The van der Waals surface area contributed by atoms with Crippen molar-refractivity contribution in [2.75, 3.05) is 13.1 Å². The van der Waals surface area contributed by atoms with E-state index in [9.17, 15) is 0 Å². The number of nitrogens with zero attached hydrogens (tertiary/aromatic N) is 4. The number of rotatable bonds is 9. The standard InChI is InChI=1S/C22H29FN4/c1-6-17(3)10-11-22(26-12-8-9-13-26)19(5)27(23)18(4)14-21-15-20(7-2)24-16-25-21/h6,10-11,15-16H,1,3-4,7-9,12-14H2,2,5H3/b11-10-,22-19-. The summed E-state index contributed by atoms with van der Waals surface area (Å²) >= 11 is 0. The van der Waals surface area contributed by atoms with E-state index in [0.717, 1.165) is 55.0 Å². The molecule has 0 atom stereocenters. The van der Waals surface area contributed by atoms with Gasteiger partial charge in [-0.2, -0.15) is 5.12 Å². The first kappa shape index (κ1) is 20.6. The number of aromatic nitrogens is 2. The molecule has 0 unspecified atom stereocenters. The van der Waals surface area contributed by atoms with Gasteiger partial charge in [-0.15, -0.1) is 0 Å². The summed E-state index contributed by atoms with van der Waals surface area (Å²) in [6, 6.07) is 1.90. The lowest BCUT2D eigenvalue weighted by Gasteiger charge is -2.25. The van der Waals surface area contributed by atoms with E-state index >= 15 is 4.48 Å². The second kappa shape index (κ2) is 9.86. The van der Waals surface area contributed by atoms with Gasteiger partial charge in [-0.3, -0.25) is 0 Å². The van der Waals surface area contributed by atoms with Gasteiger partial charge in [0.25, 0.3) is 0 Å². The first-order valence-electron chi connectivity index (χ1n) is 9.35. The molecule has 1 saturated heterocycles. The summed E-state index contributed by atoms with van der Waals surface area (Å²) in [4.78, 5) is 10.6. The van der Waals surface area contributed by atoms with E-state index in [2.05, 4.69) is 34.6 Å². The van der Waals surface area contributed by atoms with E-state index < -0.39 is 0 Å². The summed E-state index contributed by atoms with van der Waals surface area (Å²) in [5, 5.41) is 0.669. The highest BCUT2D eigenvalue weighted by molar-refractivity contribution is 5.34. The molecule has 2 heterocycles. The second-order valence-electron chi connectivity index (χ2n) is 6.66. The second-order valence-corrected chi connectivity index (χ2v) is 6.66. The van der Waals surface area contributed by atoms with Gasteiger partial charge in [-0.05, 0) is 43.9 Å². The van der Waals surface area contributed by atoms with Crippen LogP contribution in [-0.2, 0) is 12.8 Å². The Labute approximate surface area is 162 Å². The molecule has 27 heavy (non-hydrogen) atoms. The molecule has 0 bridgehead atoms. The van der Waals surface area contributed by atoms with Crippen molar-refractivity contribution in [2.24, 2.45) is 0 Å². The van der Waals surface area contributed by atoms with Crippen molar-refractivity contribution < 1.29 is 4.48 Å². The quantitative estimate of drug-likeness (QED) is 0.458. The zero-order valence-corrected chi connectivity index (χ0v) is 16.4. The lowest BCUT2D eigenvalue weighted by atomic mass is 10.2. The Bertz CT molecular complexity index is 757. The Kier molecular flexibility index (Phi) is 7.53. The molecule has 0 aromatic carbocycles. The first-order valence-corrected chi connectivity index (χ1v) is 9.35. The Morgan fingerprint density at radius 1 is 1.22 bits per heavy atom. The summed E-state index contributed by atoms with van der Waals surface area (Å²) in [6.07, 6.45) is 10.3. The van der Waals surface area contributed by atoms with Crippen LogP contribution in [0.4, 0.5) is 4.48 Å². The Hall–Kier alpha value is -2.69. The fraction of sp³-hybridized carbons (Fsp3) is 0.364. The summed E-state index contributed by atoms with van der Waals surface area (Å²) in [6.45, 7) is 17.2. The monoisotopic (exact) mass is 368 g/mol. The molecule has 0 amide bonds. The average Bonchev–Trinajstić information content (AvgIpc) is 3.21. The highest BCUT2D eigenvalue weighted by Gasteiger charge is 2.20. The number of likely N-dealkylation sites (tertiary alicyclic amines) is 1. The van der Waals surface area contributed by atoms with Crippen LogP contribution >= 0.6 is 0 Å².